The number of piperazine rings is 2. The number of carbonyl (C=O) groups is 1. The van der Waals surface area contributed by atoms with Crippen molar-refractivity contribution in [3.63, 3.8) is 0 Å². The molecule has 8 rings (SSSR count). The van der Waals surface area contributed by atoms with Crippen molar-refractivity contribution in [1.82, 2.24) is 25.1 Å². The first-order valence-electron chi connectivity index (χ1n) is 15.8. The van der Waals surface area contributed by atoms with E-state index in [0.29, 0.717) is 28.5 Å². The molecule has 5 heterocycles. The van der Waals surface area contributed by atoms with Crippen molar-refractivity contribution in [1.29, 1.82) is 0 Å². The topological polar surface area (TPSA) is 148 Å². The second kappa shape index (κ2) is 10.5. The smallest absolute Gasteiger partial charge is 0.306 e. The average Bonchev–Trinajstić information content (AvgIpc) is 3.25. The highest BCUT2D eigenvalue weighted by molar-refractivity contribution is 5.74. The number of nitrogens with two attached hydrogens (primary N) is 1. The number of benzene rings is 1. The molecule has 2 aliphatic carbocycles. The highest BCUT2D eigenvalue weighted by atomic mass is 16.4. The number of hydrogen-bond donors (Lipinski definition) is 3. The average molecular weight is 598 g/mol. The molecule has 3 saturated heterocycles. The van der Waals surface area contributed by atoms with Crippen LogP contribution < -0.4 is 20.4 Å². The highest BCUT2D eigenvalue weighted by Gasteiger charge is 2.56. The van der Waals surface area contributed by atoms with Gasteiger partial charge < -0.3 is 30.6 Å². The van der Waals surface area contributed by atoms with Crippen LogP contribution in [-0.2, 0) is 4.79 Å². The minimum atomic E-state index is -0.622. The van der Waals surface area contributed by atoms with E-state index in [4.69, 9.17) is 15.7 Å². The third-order valence-electron chi connectivity index (χ3n) is 10.9. The molecular formula is C32H39N9O3. The molecule has 2 unspecified atom stereocenters. The maximum atomic E-state index is 11.2. The molecule has 1 spiro atoms. The van der Waals surface area contributed by atoms with Crippen LogP contribution in [0, 0.1) is 11.3 Å². The molecule has 3 aromatic rings. The van der Waals surface area contributed by atoms with Crippen LogP contribution in [0.3, 0.4) is 0 Å². The fraction of sp³-hybridized carbons (Fsp3) is 0.531. The van der Waals surface area contributed by atoms with Crippen LogP contribution in [0.15, 0.2) is 42.7 Å². The number of aromatic nitrogens is 4. The molecule has 2 atom stereocenters. The van der Waals surface area contributed by atoms with E-state index in [0.717, 1.165) is 95.1 Å². The molecule has 5 fully saturated rings. The van der Waals surface area contributed by atoms with Crippen molar-refractivity contribution in [3.8, 4) is 17.0 Å². The molecule has 12 nitrogen and oxygen atoms in total. The Balaban J connectivity index is 0.884. The van der Waals surface area contributed by atoms with E-state index in [1.165, 1.54) is 0 Å². The molecule has 4 N–H and O–H groups in total. The van der Waals surface area contributed by atoms with Crippen molar-refractivity contribution in [2.75, 3.05) is 59.7 Å². The van der Waals surface area contributed by atoms with Gasteiger partial charge in [0.1, 0.15) is 5.75 Å². The second-order valence-electron chi connectivity index (χ2n) is 13.5. The first-order chi connectivity index (χ1) is 21.4. The summed E-state index contributed by atoms with van der Waals surface area (Å²) in [6.07, 6.45) is 10.1. The summed E-state index contributed by atoms with van der Waals surface area (Å²) in [6, 6.07) is 10.2. The predicted molar refractivity (Wildman–Crippen MR) is 167 cm³/mol. The zero-order valence-electron chi connectivity index (χ0n) is 24.8. The van der Waals surface area contributed by atoms with E-state index < -0.39 is 5.97 Å². The Morgan fingerprint density at radius 2 is 1.57 bits per heavy atom. The van der Waals surface area contributed by atoms with Crippen LogP contribution in [0.2, 0.25) is 0 Å². The van der Waals surface area contributed by atoms with E-state index in [9.17, 15) is 15.0 Å². The Morgan fingerprint density at radius 3 is 2.23 bits per heavy atom. The number of phenolic OH excluding ortho intramolecular Hbond substituents is 1. The molecule has 0 radical (unpaired) electrons. The summed E-state index contributed by atoms with van der Waals surface area (Å²) in [7, 11) is 0. The number of rotatable bonds is 6. The van der Waals surface area contributed by atoms with E-state index in [1.807, 2.05) is 30.6 Å². The van der Waals surface area contributed by atoms with Gasteiger partial charge in [-0.2, -0.15) is 0 Å². The number of hydrogen-bond acceptors (Lipinski definition) is 11. The monoisotopic (exact) mass is 597 g/mol. The van der Waals surface area contributed by atoms with Gasteiger partial charge in [-0.3, -0.25) is 9.69 Å². The molecule has 5 aliphatic rings. The number of para-hydroxylation sites is 1. The van der Waals surface area contributed by atoms with E-state index >= 15 is 0 Å². The maximum absolute atomic E-state index is 11.2. The third kappa shape index (κ3) is 4.66. The Kier molecular flexibility index (Phi) is 6.51. The lowest BCUT2D eigenvalue weighted by atomic mass is 9.49. The summed E-state index contributed by atoms with van der Waals surface area (Å²) in [5, 5.41) is 28.0. The minimum Gasteiger partial charge on any atom is -0.507 e. The summed E-state index contributed by atoms with van der Waals surface area (Å²) >= 11 is 0. The zero-order valence-corrected chi connectivity index (χ0v) is 24.8. The number of carboxylic acids is 1. The summed E-state index contributed by atoms with van der Waals surface area (Å²) in [6.45, 7) is 5.54. The standard InChI is InChI=1S/C32H39N9O3/c33-29-27(11-26(36-37-29)25-3-1-2-4-28(25)42)40-18-21-5-6-22(19-40)41(21)31-34-16-24(17-35-31)39-9-7-38(8-10-39)23-14-32(15-23)12-20(13-32)30(43)44/h1-4,11,16-17,20-23,42H,5-10,12-15,18-19H2,(H2,33,37)(H,43,44). The molecule has 2 bridgehead atoms. The van der Waals surface area contributed by atoms with Gasteiger partial charge in [0.25, 0.3) is 0 Å². The Morgan fingerprint density at radius 1 is 0.886 bits per heavy atom. The number of fused-ring (bicyclic) bond motifs is 2. The molecule has 12 heteroatoms. The van der Waals surface area contributed by atoms with Crippen molar-refractivity contribution in [3.05, 3.63) is 42.7 Å². The van der Waals surface area contributed by atoms with Gasteiger partial charge in [0, 0.05) is 63.0 Å². The summed E-state index contributed by atoms with van der Waals surface area (Å²) in [4.78, 5) is 30.6. The highest BCUT2D eigenvalue weighted by Crippen LogP contribution is 2.60. The number of nitrogens with zero attached hydrogens (tertiary/aromatic N) is 8. The van der Waals surface area contributed by atoms with Gasteiger partial charge in [0.2, 0.25) is 5.95 Å². The SMILES string of the molecule is Nc1nnc(-c2ccccc2O)cc1N1CC2CCC(C1)N2c1ncc(N2CCN(C3CC4(CC(C(=O)O)C4)C3)CC2)cn1. The van der Waals surface area contributed by atoms with E-state index in [2.05, 4.69) is 29.8 Å². The first kappa shape index (κ1) is 27.4. The summed E-state index contributed by atoms with van der Waals surface area (Å²) in [5.74, 6) is 0.613. The van der Waals surface area contributed by atoms with Gasteiger partial charge in [0.15, 0.2) is 5.82 Å². The number of aliphatic carboxylic acids is 1. The molecule has 0 amide bonds. The van der Waals surface area contributed by atoms with Crippen molar-refractivity contribution in [2.24, 2.45) is 11.3 Å². The number of anilines is 4. The van der Waals surface area contributed by atoms with Crippen LogP contribution in [-0.4, -0.2) is 98.6 Å². The molecule has 2 aromatic heterocycles. The van der Waals surface area contributed by atoms with Gasteiger partial charge >= 0.3 is 5.97 Å². The van der Waals surface area contributed by atoms with Crippen molar-refractivity contribution < 1.29 is 15.0 Å². The summed E-state index contributed by atoms with van der Waals surface area (Å²) in [5.41, 5.74) is 9.78. The van der Waals surface area contributed by atoms with Crippen LogP contribution >= 0.6 is 0 Å². The van der Waals surface area contributed by atoms with Crippen LogP contribution in [0.1, 0.15) is 38.5 Å². The van der Waals surface area contributed by atoms with E-state index in [1.54, 1.807) is 12.1 Å². The molecule has 1 aromatic carbocycles. The van der Waals surface area contributed by atoms with Crippen LogP contribution in [0.25, 0.3) is 11.3 Å². The largest absolute Gasteiger partial charge is 0.507 e. The Bertz CT molecular complexity index is 1530. The predicted octanol–water partition coefficient (Wildman–Crippen LogP) is 2.84. The second-order valence-corrected chi connectivity index (χ2v) is 13.5. The van der Waals surface area contributed by atoms with Gasteiger partial charge in [-0.25, -0.2) is 9.97 Å². The molecule has 3 aliphatic heterocycles. The maximum Gasteiger partial charge on any atom is 0.306 e. The molecule has 44 heavy (non-hydrogen) atoms. The lowest BCUT2D eigenvalue weighted by Gasteiger charge is -2.60. The lowest BCUT2D eigenvalue weighted by Crippen LogP contribution is -2.60. The molecule has 230 valence electrons. The number of carboxylic acid groups (broad SMARTS) is 1. The third-order valence-corrected chi connectivity index (χ3v) is 10.9. The van der Waals surface area contributed by atoms with Gasteiger partial charge in [-0.05, 0) is 62.1 Å². The Hall–Kier alpha value is -4.19. The fourth-order valence-corrected chi connectivity index (χ4v) is 8.54. The quantitative estimate of drug-likeness (QED) is 0.384. The van der Waals surface area contributed by atoms with Gasteiger partial charge in [-0.15, -0.1) is 10.2 Å². The van der Waals surface area contributed by atoms with Gasteiger partial charge in [-0.1, -0.05) is 12.1 Å². The number of nitrogen functional groups attached to an aromatic ring is 1. The fourth-order valence-electron chi connectivity index (χ4n) is 8.54. The normalized spacial score (nSPS) is 29.9. The first-order valence-corrected chi connectivity index (χ1v) is 15.8. The van der Waals surface area contributed by atoms with Crippen molar-refractivity contribution >= 4 is 29.1 Å². The van der Waals surface area contributed by atoms with Crippen LogP contribution in [0.5, 0.6) is 5.75 Å². The summed E-state index contributed by atoms with van der Waals surface area (Å²) < 4.78 is 0. The number of aromatic hydroxyl groups is 1. The molecule has 2 saturated carbocycles. The van der Waals surface area contributed by atoms with Gasteiger partial charge in [0.05, 0.1) is 35.4 Å². The van der Waals surface area contributed by atoms with Crippen LogP contribution in [0.4, 0.5) is 23.1 Å². The Labute approximate surface area is 256 Å². The van der Waals surface area contributed by atoms with E-state index in [-0.39, 0.29) is 23.8 Å². The minimum absolute atomic E-state index is 0.114. The van der Waals surface area contributed by atoms with Crippen molar-refractivity contribution in [2.45, 2.75) is 56.7 Å². The lowest BCUT2D eigenvalue weighted by molar-refractivity contribution is -0.159. The number of phenols is 1. The molecular weight excluding hydrogens is 558 g/mol. The zero-order chi connectivity index (χ0) is 30.0.